The minimum absolute atomic E-state index is 0.614. The summed E-state index contributed by atoms with van der Waals surface area (Å²) in [5, 5.41) is 12.8. The number of hydrogen-bond acceptors (Lipinski definition) is 5. The van der Waals surface area contributed by atoms with Gasteiger partial charge in [0.1, 0.15) is 22.4 Å². The van der Waals surface area contributed by atoms with Crippen LogP contribution in [0, 0.1) is 11.3 Å². The number of ether oxygens (including phenoxy) is 1. The third-order valence-electron chi connectivity index (χ3n) is 2.38. The van der Waals surface area contributed by atoms with E-state index < -0.39 is 0 Å². The lowest BCUT2D eigenvalue weighted by Gasteiger charge is -2.03. The van der Waals surface area contributed by atoms with E-state index in [1.807, 2.05) is 31.2 Å². The zero-order valence-corrected chi connectivity index (χ0v) is 11.0. The molecule has 4 nitrogen and oxygen atoms in total. The topological polar surface area (TPSA) is 57.9 Å². The van der Waals surface area contributed by atoms with Crippen LogP contribution in [0.25, 0.3) is 11.3 Å². The maximum atomic E-state index is 9.10. The number of benzene rings is 1. The molecule has 1 heterocycles. The monoisotopic (exact) mass is 259 g/mol. The van der Waals surface area contributed by atoms with Crippen LogP contribution < -0.4 is 10.1 Å². The highest BCUT2D eigenvalue weighted by atomic mass is 32.1. The summed E-state index contributed by atoms with van der Waals surface area (Å²) < 4.78 is 5.38. The predicted octanol–water partition coefficient (Wildman–Crippen LogP) is 3.12. The molecule has 0 radical (unpaired) electrons. The second-order valence-electron chi connectivity index (χ2n) is 3.52. The molecule has 0 aliphatic heterocycles. The van der Waals surface area contributed by atoms with E-state index in [4.69, 9.17) is 10.00 Å². The first-order valence-electron chi connectivity index (χ1n) is 5.60. The van der Waals surface area contributed by atoms with Crippen molar-refractivity contribution in [3.05, 3.63) is 29.1 Å². The van der Waals surface area contributed by atoms with Crippen LogP contribution in [-0.4, -0.2) is 18.6 Å². The van der Waals surface area contributed by atoms with Gasteiger partial charge in [0.05, 0.1) is 6.61 Å². The smallest absolute Gasteiger partial charge is 0.184 e. The second kappa shape index (κ2) is 5.52. The number of rotatable bonds is 4. The fraction of sp³-hybridized carbons (Fsp3) is 0.231. The van der Waals surface area contributed by atoms with E-state index in [1.54, 1.807) is 7.05 Å². The molecular formula is C13H13N3OS. The number of hydrogen-bond donors (Lipinski definition) is 1. The first kappa shape index (κ1) is 12.4. The van der Waals surface area contributed by atoms with Gasteiger partial charge in [-0.25, -0.2) is 4.98 Å². The van der Waals surface area contributed by atoms with Gasteiger partial charge in [0.25, 0.3) is 0 Å². The molecule has 18 heavy (non-hydrogen) atoms. The summed E-state index contributed by atoms with van der Waals surface area (Å²) in [4.78, 5) is 5.00. The van der Waals surface area contributed by atoms with Gasteiger partial charge in [-0.05, 0) is 31.2 Å². The molecule has 0 fully saturated rings. The van der Waals surface area contributed by atoms with Crippen molar-refractivity contribution < 1.29 is 4.74 Å². The number of thiazole rings is 1. The molecule has 1 aromatic heterocycles. The summed E-state index contributed by atoms with van der Waals surface area (Å²) in [5.74, 6) is 0.823. The molecule has 2 rings (SSSR count). The number of nitrogens with one attached hydrogen (secondary N) is 1. The van der Waals surface area contributed by atoms with Crippen molar-refractivity contribution in [3.63, 3.8) is 0 Å². The van der Waals surface area contributed by atoms with Crippen molar-refractivity contribution >= 4 is 16.5 Å². The second-order valence-corrected chi connectivity index (χ2v) is 4.52. The minimum atomic E-state index is 0.614. The van der Waals surface area contributed by atoms with Crippen molar-refractivity contribution in [2.45, 2.75) is 6.92 Å². The Labute approximate surface area is 110 Å². The van der Waals surface area contributed by atoms with E-state index in [0.29, 0.717) is 11.5 Å². The Morgan fingerprint density at radius 2 is 2.11 bits per heavy atom. The lowest BCUT2D eigenvalue weighted by molar-refractivity contribution is 0.340. The van der Waals surface area contributed by atoms with Crippen LogP contribution in [0.1, 0.15) is 11.8 Å². The van der Waals surface area contributed by atoms with Crippen LogP contribution >= 0.6 is 11.3 Å². The van der Waals surface area contributed by atoms with Crippen molar-refractivity contribution in [1.82, 2.24) is 4.98 Å². The Morgan fingerprint density at radius 1 is 1.39 bits per heavy atom. The van der Waals surface area contributed by atoms with Crippen LogP contribution in [0.15, 0.2) is 24.3 Å². The summed E-state index contributed by atoms with van der Waals surface area (Å²) in [5.41, 5.74) is 1.64. The first-order valence-corrected chi connectivity index (χ1v) is 6.42. The Hall–Kier alpha value is -2.06. The number of aromatic nitrogens is 1. The molecule has 5 heteroatoms. The SMILES string of the molecule is CCOc1ccc(-c2nc(NC)sc2C#N)cc1. The van der Waals surface area contributed by atoms with Crippen molar-refractivity contribution in [2.75, 3.05) is 19.0 Å². The van der Waals surface area contributed by atoms with E-state index in [-0.39, 0.29) is 0 Å². The fourth-order valence-corrected chi connectivity index (χ4v) is 2.31. The maximum Gasteiger partial charge on any atom is 0.184 e. The molecule has 0 amide bonds. The third kappa shape index (κ3) is 2.44. The van der Waals surface area contributed by atoms with Gasteiger partial charge in [-0.3, -0.25) is 0 Å². The van der Waals surface area contributed by atoms with Gasteiger partial charge in [0.15, 0.2) is 5.13 Å². The van der Waals surface area contributed by atoms with Gasteiger partial charge < -0.3 is 10.1 Å². The average Bonchev–Trinajstić information content (AvgIpc) is 2.83. The highest BCUT2D eigenvalue weighted by molar-refractivity contribution is 7.16. The largest absolute Gasteiger partial charge is 0.494 e. The molecule has 92 valence electrons. The van der Waals surface area contributed by atoms with Gasteiger partial charge in [0, 0.05) is 12.6 Å². The zero-order valence-electron chi connectivity index (χ0n) is 10.2. The van der Waals surface area contributed by atoms with E-state index in [0.717, 1.165) is 22.1 Å². The molecule has 0 saturated heterocycles. The maximum absolute atomic E-state index is 9.10. The average molecular weight is 259 g/mol. The molecule has 0 bridgehead atoms. The van der Waals surface area contributed by atoms with E-state index in [2.05, 4.69) is 16.4 Å². The highest BCUT2D eigenvalue weighted by Gasteiger charge is 2.12. The van der Waals surface area contributed by atoms with E-state index in [1.165, 1.54) is 11.3 Å². The van der Waals surface area contributed by atoms with Crippen LogP contribution in [0.3, 0.4) is 0 Å². The van der Waals surface area contributed by atoms with Gasteiger partial charge in [-0.1, -0.05) is 11.3 Å². The molecule has 0 spiro atoms. The molecule has 0 saturated carbocycles. The summed E-state index contributed by atoms with van der Waals surface area (Å²) in [6, 6.07) is 9.78. The Morgan fingerprint density at radius 3 is 2.67 bits per heavy atom. The zero-order chi connectivity index (χ0) is 13.0. The van der Waals surface area contributed by atoms with Gasteiger partial charge in [-0.15, -0.1) is 0 Å². The molecule has 0 aliphatic carbocycles. The first-order chi connectivity index (χ1) is 8.78. The lowest BCUT2D eigenvalue weighted by atomic mass is 10.1. The van der Waals surface area contributed by atoms with Gasteiger partial charge in [0.2, 0.25) is 0 Å². The minimum Gasteiger partial charge on any atom is -0.494 e. The van der Waals surface area contributed by atoms with Crippen LogP contribution in [0.2, 0.25) is 0 Å². The molecular weight excluding hydrogens is 246 g/mol. The third-order valence-corrected chi connectivity index (χ3v) is 3.36. The normalized spacial score (nSPS) is 9.83. The summed E-state index contributed by atoms with van der Waals surface area (Å²) in [6.45, 7) is 2.59. The summed E-state index contributed by atoms with van der Waals surface area (Å²) in [6.07, 6.45) is 0. The van der Waals surface area contributed by atoms with Crippen molar-refractivity contribution in [3.8, 4) is 23.1 Å². The number of anilines is 1. The number of nitriles is 1. The summed E-state index contributed by atoms with van der Waals surface area (Å²) in [7, 11) is 1.79. The van der Waals surface area contributed by atoms with Crippen LogP contribution in [0.5, 0.6) is 5.75 Å². The fourth-order valence-electron chi connectivity index (χ4n) is 1.57. The molecule has 0 aliphatic rings. The molecule has 1 aromatic carbocycles. The van der Waals surface area contributed by atoms with Crippen LogP contribution in [0.4, 0.5) is 5.13 Å². The Balaban J connectivity index is 2.36. The number of nitrogens with zero attached hydrogens (tertiary/aromatic N) is 2. The van der Waals surface area contributed by atoms with E-state index >= 15 is 0 Å². The molecule has 2 aromatic rings. The molecule has 0 atom stereocenters. The van der Waals surface area contributed by atoms with Gasteiger partial charge >= 0.3 is 0 Å². The van der Waals surface area contributed by atoms with Crippen molar-refractivity contribution in [1.29, 1.82) is 5.26 Å². The predicted molar refractivity (Wildman–Crippen MR) is 73.0 cm³/mol. The van der Waals surface area contributed by atoms with Crippen LogP contribution in [-0.2, 0) is 0 Å². The van der Waals surface area contributed by atoms with Crippen molar-refractivity contribution in [2.24, 2.45) is 0 Å². The van der Waals surface area contributed by atoms with Gasteiger partial charge in [-0.2, -0.15) is 5.26 Å². The summed E-state index contributed by atoms with van der Waals surface area (Å²) >= 11 is 1.35. The molecule has 0 unspecified atom stereocenters. The standard InChI is InChI=1S/C13H13N3OS/c1-3-17-10-6-4-9(5-7-10)12-11(8-14)18-13(15-2)16-12/h4-7H,3H2,1-2H3,(H,15,16). The van der Waals surface area contributed by atoms with E-state index in [9.17, 15) is 0 Å². The highest BCUT2D eigenvalue weighted by Crippen LogP contribution is 2.31. The Bertz CT molecular complexity index is 569. The Kier molecular flexibility index (Phi) is 3.80. The molecule has 1 N–H and O–H groups in total. The quantitative estimate of drug-likeness (QED) is 0.916. The lowest BCUT2D eigenvalue weighted by Crippen LogP contribution is -1.91.